The highest BCUT2D eigenvalue weighted by Gasteiger charge is 2.50. The summed E-state index contributed by atoms with van der Waals surface area (Å²) in [6, 6.07) is 52.8. The summed E-state index contributed by atoms with van der Waals surface area (Å²) in [5.74, 6) is 0. The van der Waals surface area contributed by atoms with Gasteiger partial charge in [0.2, 0.25) is 0 Å². The van der Waals surface area contributed by atoms with Gasteiger partial charge in [0.25, 0.3) is 6.71 Å². The molecule has 1 aromatic heterocycles. The lowest BCUT2D eigenvalue weighted by molar-refractivity contribution is 0.332. The van der Waals surface area contributed by atoms with Crippen LogP contribution in [0.1, 0.15) is 208 Å². The van der Waals surface area contributed by atoms with E-state index in [4.69, 9.17) is 4.42 Å². The van der Waals surface area contributed by atoms with Gasteiger partial charge >= 0.3 is 0 Å². The van der Waals surface area contributed by atoms with E-state index in [2.05, 4.69) is 273 Å². The maximum Gasteiger partial charge on any atom is 0.297 e. The van der Waals surface area contributed by atoms with Crippen LogP contribution in [0.5, 0.6) is 0 Å². The molecule has 5 aliphatic rings. The van der Waals surface area contributed by atoms with Crippen LogP contribution >= 0.6 is 0 Å². The number of rotatable bonds is 5. The van der Waals surface area contributed by atoms with Crippen molar-refractivity contribution in [3.8, 4) is 0 Å². The highest BCUT2D eigenvalue weighted by Crippen LogP contribution is 2.56. The van der Waals surface area contributed by atoms with Crippen molar-refractivity contribution in [2.24, 2.45) is 0 Å². The second-order valence-corrected chi connectivity index (χ2v) is 31.5. The third-order valence-corrected chi connectivity index (χ3v) is 20.9. The van der Waals surface area contributed by atoms with Gasteiger partial charge in [0.1, 0.15) is 5.58 Å². The van der Waals surface area contributed by atoms with Crippen molar-refractivity contribution < 1.29 is 4.42 Å². The molecule has 0 amide bonds. The average Bonchev–Trinajstić information content (AvgIpc) is 2.09. The molecule has 0 radical (unpaired) electrons. The molecule has 7 aromatic carbocycles. The lowest BCUT2D eigenvalue weighted by Crippen LogP contribution is -2.61. The van der Waals surface area contributed by atoms with Crippen molar-refractivity contribution in [2.45, 2.75) is 206 Å². The summed E-state index contributed by atoms with van der Waals surface area (Å²) in [5, 5.41) is 1.20. The van der Waals surface area contributed by atoms with Crippen molar-refractivity contribution in [3.63, 3.8) is 0 Å². The smallest absolute Gasteiger partial charge is 0.297 e. The summed E-state index contributed by atoms with van der Waals surface area (Å²) in [5.41, 5.74) is 26.6. The number of fused-ring (bicyclic) bond motifs is 9. The van der Waals surface area contributed by atoms with E-state index in [1.165, 1.54) is 108 Å². The first-order valence-corrected chi connectivity index (χ1v) is 30.7. The summed E-state index contributed by atoms with van der Waals surface area (Å²) in [4.78, 5) is 7.80. The number of hydrogen-bond acceptors (Lipinski definition) is 4. The molecule has 0 saturated heterocycles. The standard InChI is InChI=1S/C76H88BN3O/c1-69(2,3)47-24-26-50(27-25-47)78(49-22-20-19-21-23-49)53-30-33-61-62(44-53)79(51-28-31-55-57(42-51)73(11,12)36-34-71(55,7)8)63-40-48(70(4,5)6)41-64-66(63)77(61)68-67(54-45-59-60(46-65(54)81-68)76(17,18)39-38-75(59,15)16)80(64)52-29-32-56-58(43-52)74(13,14)37-35-72(56,9)10/h19-33,40-46H,34-39H2,1-18H3. The van der Waals surface area contributed by atoms with E-state index in [9.17, 15) is 0 Å². The molecule has 0 spiro atoms. The molecule has 0 N–H and O–H groups in total. The van der Waals surface area contributed by atoms with Gasteiger partial charge in [0, 0.05) is 50.9 Å². The van der Waals surface area contributed by atoms with E-state index < -0.39 is 0 Å². The van der Waals surface area contributed by atoms with Crippen LogP contribution in [0.15, 0.2) is 138 Å². The lowest BCUT2D eigenvalue weighted by Gasteiger charge is -2.46. The fourth-order valence-electron chi connectivity index (χ4n) is 15.2. The minimum atomic E-state index is -0.196. The molecule has 3 heterocycles. The van der Waals surface area contributed by atoms with Crippen LogP contribution in [-0.2, 0) is 43.3 Å². The fraction of sp³-hybridized carbons (Fsp3) is 0.421. The highest BCUT2D eigenvalue weighted by atomic mass is 16.3. The number of furan rings is 1. The fourth-order valence-corrected chi connectivity index (χ4v) is 15.2. The van der Waals surface area contributed by atoms with Crippen LogP contribution in [0.4, 0.5) is 51.2 Å². The van der Waals surface area contributed by atoms with Gasteiger partial charge < -0.3 is 19.1 Å². The Morgan fingerprint density at radius 1 is 0.407 bits per heavy atom. The molecule has 3 aliphatic carbocycles. The molecule has 13 rings (SSSR count). The van der Waals surface area contributed by atoms with E-state index in [1.54, 1.807) is 0 Å². The van der Waals surface area contributed by atoms with Crippen LogP contribution < -0.4 is 31.3 Å². The summed E-state index contributed by atoms with van der Waals surface area (Å²) < 4.78 is 7.81. The SMILES string of the molecule is CC(C)(C)c1ccc(N(c2ccccc2)c2ccc3c(c2)N(c2ccc4c(c2)C(C)(C)CCC4(C)C)c2cc(C(C)(C)C)cc4c2B3c2oc3cc5c(cc3c2N4c2ccc3c(c2)C(C)(C)CCC3(C)C)C(C)(C)CCC5(C)C)cc1. The van der Waals surface area contributed by atoms with Gasteiger partial charge in [-0.1, -0.05) is 173 Å². The first-order chi connectivity index (χ1) is 37.9. The van der Waals surface area contributed by atoms with Gasteiger partial charge in [-0.25, -0.2) is 0 Å². The van der Waals surface area contributed by atoms with E-state index >= 15 is 0 Å². The predicted molar refractivity (Wildman–Crippen MR) is 348 cm³/mol. The van der Waals surface area contributed by atoms with Gasteiger partial charge in [-0.2, -0.15) is 0 Å². The van der Waals surface area contributed by atoms with E-state index in [0.717, 1.165) is 54.0 Å². The number of hydrogen-bond donors (Lipinski definition) is 0. The average molecular weight is 1070 g/mol. The van der Waals surface area contributed by atoms with Crippen LogP contribution in [0.2, 0.25) is 0 Å². The topological polar surface area (TPSA) is 22.9 Å². The molecule has 0 bridgehead atoms. The maximum absolute atomic E-state index is 7.81. The third kappa shape index (κ3) is 8.41. The summed E-state index contributed by atoms with van der Waals surface area (Å²) in [7, 11) is 0. The Kier molecular flexibility index (Phi) is 11.7. The quantitative estimate of drug-likeness (QED) is 0.160. The molecular weight excluding hydrogens is 982 g/mol. The summed E-state index contributed by atoms with van der Waals surface area (Å²) >= 11 is 0. The van der Waals surface area contributed by atoms with Gasteiger partial charge in [-0.05, 0) is 222 Å². The number of para-hydroxylation sites is 1. The van der Waals surface area contributed by atoms with Crippen LogP contribution in [0.3, 0.4) is 0 Å². The van der Waals surface area contributed by atoms with Crippen LogP contribution in [0, 0.1) is 0 Å². The van der Waals surface area contributed by atoms with Crippen LogP contribution in [-0.4, -0.2) is 6.71 Å². The zero-order valence-corrected chi connectivity index (χ0v) is 52.3. The molecular formula is C76H88BN3O. The molecule has 416 valence electrons. The van der Waals surface area contributed by atoms with E-state index in [-0.39, 0.29) is 50.0 Å². The molecule has 81 heavy (non-hydrogen) atoms. The minimum absolute atomic E-state index is 0.0109. The largest absolute Gasteiger partial charge is 0.468 e. The Bertz CT molecular complexity index is 3870. The lowest BCUT2D eigenvalue weighted by atomic mass is 9.35. The minimum Gasteiger partial charge on any atom is -0.468 e. The maximum atomic E-state index is 7.81. The van der Waals surface area contributed by atoms with Crippen molar-refractivity contribution in [3.05, 3.63) is 178 Å². The van der Waals surface area contributed by atoms with Gasteiger partial charge in [0.15, 0.2) is 0 Å². The van der Waals surface area contributed by atoms with Crippen molar-refractivity contribution in [1.29, 1.82) is 0 Å². The van der Waals surface area contributed by atoms with E-state index in [0.29, 0.717) is 0 Å². The molecule has 5 heteroatoms. The van der Waals surface area contributed by atoms with Gasteiger partial charge in [-0.15, -0.1) is 0 Å². The molecule has 0 fully saturated rings. The Morgan fingerprint density at radius 3 is 1.37 bits per heavy atom. The van der Waals surface area contributed by atoms with Crippen molar-refractivity contribution in [2.75, 3.05) is 14.7 Å². The zero-order chi connectivity index (χ0) is 57.5. The number of anilines is 9. The molecule has 0 atom stereocenters. The molecule has 0 saturated carbocycles. The first kappa shape index (κ1) is 53.8. The Hall–Kier alpha value is -6.46. The normalized spacial score (nSPS) is 19.5. The van der Waals surface area contributed by atoms with Crippen LogP contribution in [0.25, 0.3) is 11.0 Å². The van der Waals surface area contributed by atoms with Gasteiger partial charge in [-0.3, -0.25) is 0 Å². The summed E-state index contributed by atoms with van der Waals surface area (Å²) in [6.07, 6.45) is 6.92. The molecule has 2 aliphatic heterocycles. The Morgan fingerprint density at radius 2 is 0.852 bits per heavy atom. The van der Waals surface area contributed by atoms with Crippen molar-refractivity contribution in [1.82, 2.24) is 0 Å². The third-order valence-electron chi connectivity index (χ3n) is 20.9. The number of benzene rings is 7. The van der Waals surface area contributed by atoms with Gasteiger partial charge in [0.05, 0.1) is 11.3 Å². The monoisotopic (exact) mass is 1070 g/mol. The van der Waals surface area contributed by atoms with E-state index in [1.807, 2.05) is 0 Å². The zero-order valence-electron chi connectivity index (χ0n) is 52.3. The first-order valence-electron chi connectivity index (χ1n) is 30.7. The summed E-state index contributed by atoms with van der Waals surface area (Å²) in [6.45, 7) is 43.4. The molecule has 8 aromatic rings. The second kappa shape index (κ2) is 17.5. The number of nitrogens with zero attached hydrogens (tertiary/aromatic N) is 3. The molecule has 0 unspecified atom stereocenters. The predicted octanol–water partition coefficient (Wildman–Crippen LogP) is 19.6. The highest BCUT2D eigenvalue weighted by molar-refractivity contribution is 7.00. The van der Waals surface area contributed by atoms with Crippen molar-refractivity contribution >= 4 is 85.5 Å². The second-order valence-electron chi connectivity index (χ2n) is 31.5. The molecule has 4 nitrogen and oxygen atoms in total. The Labute approximate surface area is 486 Å². The Balaban J connectivity index is 1.15.